The van der Waals surface area contributed by atoms with Gasteiger partial charge in [0.25, 0.3) is 5.92 Å². The van der Waals surface area contributed by atoms with Crippen LogP contribution >= 0.6 is 0 Å². The van der Waals surface area contributed by atoms with E-state index in [0.717, 1.165) is 32.2 Å². The summed E-state index contributed by atoms with van der Waals surface area (Å²) in [7, 11) is 0. The quantitative estimate of drug-likeness (QED) is 0.169. The van der Waals surface area contributed by atoms with Crippen molar-refractivity contribution in [1.29, 1.82) is 0 Å². The van der Waals surface area contributed by atoms with Crippen LogP contribution in [-0.4, -0.2) is 77.3 Å². The minimum atomic E-state index is -2.52. The first-order chi connectivity index (χ1) is 23.6. The zero-order chi connectivity index (χ0) is 33.7. The lowest BCUT2D eigenvalue weighted by Crippen LogP contribution is -2.51. The van der Waals surface area contributed by atoms with Gasteiger partial charge in [-0.1, -0.05) is 18.1 Å². The Labute approximate surface area is 281 Å². The van der Waals surface area contributed by atoms with Gasteiger partial charge in [-0.05, 0) is 86.8 Å². The van der Waals surface area contributed by atoms with E-state index in [1.54, 1.807) is 12.1 Å². The second-order valence-corrected chi connectivity index (χ2v) is 15.1. The lowest BCUT2D eigenvalue weighted by atomic mass is 9.92. The largest absolute Gasteiger partial charge is 0.508 e. The van der Waals surface area contributed by atoms with E-state index in [1.165, 1.54) is 24.3 Å². The van der Waals surface area contributed by atoms with Gasteiger partial charge in [0.1, 0.15) is 22.9 Å². The van der Waals surface area contributed by atoms with Crippen LogP contribution in [0.5, 0.6) is 11.8 Å². The van der Waals surface area contributed by atoms with Gasteiger partial charge in [0, 0.05) is 65.3 Å². The third-order valence-corrected chi connectivity index (χ3v) is 11.8. The first kappa shape index (κ1) is 30.9. The van der Waals surface area contributed by atoms with Crippen LogP contribution < -0.4 is 15.0 Å². The summed E-state index contributed by atoms with van der Waals surface area (Å²) in [6, 6.07) is 9.68. The number of benzene rings is 3. The third-order valence-electron chi connectivity index (χ3n) is 11.8. The van der Waals surface area contributed by atoms with E-state index in [-0.39, 0.29) is 45.8 Å². The molecule has 2 aliphatic carbocycles. The molecule has 2 saturated carbocycles. The fourth-order valence-electron chi connectivity index (χ4n) is 8.67. The number of fused-ring (bicyclic) bond motifs is 4. The van der Waals surface area contributed by atoms with Gasteiger partial charge in [-0.2, -0.15) is 9.97 Å². The SMILES string of the molecule is C#Cc1c(F)ccc2cc(O)cc(-c3ccc4c(N5CC6CCC(C5)N6)nc(OCC5(CN6CCC7(CC6)CC7(F)F)CC5)nc4c3F)c12. The summed E-state index contributed by atoms with van der Waals surface area (Å²) in [5.41, 5.74) is -0.488. The molecule has 0 radical (unpaired) electrons. The van der Waals surface area contributed by atoms with Crippen LogP contribution in [0.4, 0.5) is 23.4 Å². The summed E-state index contributed by atoms with van der Waals surface area (Å²) in [4.78, 5) is 14.0. The zero-order valence-corrected chi connectivity index (χ0v) is 27.0. The summed E-state index contributed by atoms with van der Waals surface area (Å²) in [5.74, 6) is -0.887. The van der Waals surface area contributed by atoms with Gasteiger partial charge in [-0.15, -0.1) is 6.42 Å². The van der Waals surface area contributed by atoms with Gasteiger partial charge in [-0.3, -0.25) is 0 Å². The van der Waals surface area contributed by atoms with Crippen LogP contribution in [-0.2, 0) is 0 Å². The van der Waals surface area contributed by atoms with Gasteiger partial charge in [0.05, 0.1) is 12.2 Å². The van der Waals surface area contributed by atoms with Crippen molar-refractivity contribution >= 4 is 27.5 Å². The normalized spacial score (nSPS) is 24.8. The molecule has 5 aliphatic rings. The molecule has 1 spiro atoms. The fourth-order valence-corrected chi connectivity index (χ4v) is 8.67. The molecular formula is C38H37F4N5O2. The molecule has 4 heterocycles. The van der Waals surface area contributed by atoms with Gasteiger partial charge >= 0.3 is 6.01 Å². The Bertz CT molecular complexity index is 2040. The zero-order valence-electron chi connectivity index (χ0n) is 27.0. The number of likely N-dealkylation sites (tertiary alicyclic amines) is 1. The number of hydrogen-bond acceptors (Lipinski definition) is 7. The highest BCUT2D eigenvalue weighted by Gasteiger charge is 2.70. The predicted molar refractivity (Wildman–Crippen MR) is 179 cm³/mol. The topological polar surface area (TPSA) is 73.8 Å². The van der Waals surface area contributed by atoms with Crippen molar-refractivity contribution in [3.05, 3.63) is 53.6 Å². The van der Waals surface area contributed by atoms with Crippen LogP contribution in [0.2, 0.25) is 0 Å². The highest BCUT2D eigenvalue weighted by atomic mass is 19.3. The summed E-state index contributed by atoms with van der Waals surface area (Å²) >= 11 is 0. The Morgan fingerprint density at radius 1 is 0.980 bits per heavy atom. The molecule has 7 nitrogen and oxygen atoms in total. The number of hydrogen-bond donors (Lipinski definition) is 2. The molecule has 49 heavy (non-hydrogen) atoms. The van der Waals surface area contributed by atoms with Crippen molar-refractivity contribution in [1.82, 2.24) is 20.2 Å². The number of aromatic nitrogens is 2. The van der Waals surface area contributed by atoms with E-state index in [2.05, 4.69) is 26.0 Å². The lowest BCUT2D eigenvalue weighted by Gasteiger charge is -2.35. The van der Waals surface area contributed by atoms with Gasteiger partial charge < -0.3 is 25.0 Å². The number of piperazine rings is 1. The predicted octanol–water partition coefficient (Wildman–Crippen LogP) is 6.64. The van der Waals surface area contributed by atoms with E-state index in [0.29, 0.717) is 79.7 Å². The maximum atomic E-state index is 16.9. The maximum Gasteiger partial charge on any atom is 0.319 e. The van der Waals surface area contributed by atoms with Crippen LogP contribution in [0.25, 0.3) is 32.8 Å². The summed E-state index contributed by atoms with van der Waals surface area (Å²) in [6.07, 6.45) is 10.8. The average Bonchev–Trinajstić information content (AvgIpc) is 3.93. The molecule has 2 atom stereocenters. The Kier molecular flexibility index (Phi) is 6.89. The van der Waals surface area contributed by atoms with E-state index in [1.807, 2.05) is 0 Å². The molecule has 2 bridgehead atoms. The van der Waals surface area contributed by atoms with E-state index in [9.17, 15) is 18.3 Å². The molecule has 11 heteroatoms. The van der Waals surface area contributed by atoms with Gasteiger partial charge in [0.2, 0.25) is 0 Å². The van der Waals surface area contributed by atoms with Crippen LogP contribution in [0.1, 0.15) is 50.5 Å². The van der Waals surface area contributed by atoms with Crippen molar-refractivity contribution in [2.45, 2.75) is 63.0 Å². The average molecular weight is 672 g/mol. The molecule has 2 unspecified atom stereocenters. The number of aromatic hydroxyl groups is 1. The minimum Gasteiger partial charge on any atom is -0.508 e. The van der Waals surface area contributed by atoms with Gasteiger partial charge in [-0.25, -0.2) is 17.6 Å². The van der Waals surface area contributed by atoms with E-state index >= 15 is 4.39 Å². The number of nitrogens with one attached hydrogen (secondary N) is 1. The van der Waals surface area contributed by atoms with Crippen LogP contribution in [0.3, 0.4) is 0 Å². The maximum absolute atomic E-state index is 16.9. The Morgan fingerprint density at radius 3 is 2.39 bits per heavy atom. The molecule has 9 rings (SSSR count). The number of terminal acetylenes is 1. The molecule has 5 fully saturated rings. The first-order valence-electron chi connectivity index (χ1n) is 17.2. The van der Waals surface area contributed by atoms with Crippen molar-refractivity contribution in [2.24, 2.45) is 10.8 Å². The molecule has 3 aromatic carbocycles. The minimum absolute atomic E-state index is 0.0138. The summed E-state index contributed by atoms with van der Waals surface area (Å²) in [6.45, 7) is 3.84. The highest BCUT2D eigenvalue weighted by molar-refractivity contribution is 6.04. The van der Waals surface area contributed by atoms with Crippen molar-refractivity contribution in [2.75, 3.05) is 44.2 Å². The standard InChI is InChI=1S/C38H37F4N5O2/c1-2-26-30(39)8-3-22-15-25(48)16-29(31(22)26)27-6-7-28-33(32(27)40)44-35(45-34(28)47-17-23-4-5-24(18-47)43-23)49-21-36(9-10-36)20-46-13-11-37(12-14-46)19-38(37,41)42/h1,3,6-8,15-16,23-24,43,48H,4-5,9-14,17-21H2. The Morgan fingerprint density at radius 2 is 1.71 bits per heavy atom. The first-order valence-corrected chi connectivity index (χ1v) is 17.2. The monoisotopic (exact) mass is 671 g/mol. The lowest BCUT2D eigenvalue weighted by molar-refractivity contribution is 0.0252. The van der Waals surface area contributed by atoms with Crippen molar-refractivity contribution < 1.29 is 27.4 Å². The van der Waals surface area contributed by atoms with Crippen molar-refractivity contribution in [3.8, 4) is 35.2 Å². The molecule has 3 saturated heterocycles. The number of ether oxygens (including phenoxy) is 1. The second kappa shape index (κ2) is 10.9. The van der Waals surface area contributed by atoms with Crippen LogP contribution in [0, 0.1) is 34.8 Å². The molecule has 3 aliphatic heterocycles. The highest BCUT2D eigenvalue weighted by Crippen LogP contribution is 2.66. The van der Waals surface area contributed by atoms with Crippen LogP contribution in [0.15, 0.2) is 36.4 Å². The van der Waals surface area contributed by atoms with E-state index in [4.69, 9.17) is 16.1 Å². The number of anilines is 1. The number of phenols is 1. The molecule has 254 valence electrons. The summed E-state index contributed by atoms with van der Waals surface area (Å²) in [5, 5.41) is 15.6. The fraction of sp³-hybridized carbons (Fsp3) is 0.474. The smallest absolute Gasteiger partial charge is 0.319 e. The number of halogens is 4. The second-order valence-electron chi connectivity index (χ2n) is 15.1. The van der Waals surface area contributed by atoms with Crippen molar-refractivity contribution in [3.63, 3.8) is 0 Å². The number of nitrogens with zero attached hydrogens (tertiary/aromatic N) is 4. The molecule has 2 N–H and O–H groups in total. The Balaban J connectivity index is 1.07. The number of phenolic OH excluding ortho intramolecular Hbond substituents is 1. The number of piperidine rings is 1. The van der Waals surface area contributed by atoms with Gasteiger partial charge in [0.15, 0.2) is 5.82 Å². The van der Waals surface area contributed by atoms with E-state index < -0.39 is 23.0 Å². The summed E-state index contributed by atoms with van der Waals surface area (Å²) < 4.78 is 66.0. The number of rotatable bonds is 7. The molecule has 0 amide bonds. The third kappa shape index (κ3) is 5.18. The molecular weight excluding hydrogens is 634 g/mol. The number of alkyl halides is 2. The Hall–Kier alpha value is -4.14. The molecule has 4 aromatic rings. The molecule has 1 aromatic heterocycles.